The molecule has 0 N–H and O–H groups in total. The van der Waals surface area contributed by atoms with Crippen LogP contribution in [0.2, 0.25) is 0 Å². The second kappa shape index (κ2) is 17.5. The molecular formula is C71H53N3. The Morgan fingerprint density at radius 1 is 0.568 bits per heavy atom. The summed E-state index contributed by atoms with van der Waals surface area (Å²) in [5.41, 5.74) is 29.5. The molecule has 74 heavy (non-hydrogen) atoms. The Bertz CT molecular complexity index is 3980. The van der Waals surface area contributed by atoms with Crippen molar-refractivity contribution < 1.29 is 0 Å². The van der Waals surface area contributed by atoms with Crippen LogP contribution in [0.4, 0.5) is 0 Å². The van der Waals surface area contributed by atoms with E-state index in [-0.39, 0.29) is 5.92 Å². The summed E-state index contributed by atoms with van der Waals surface area (Å²) in [6.45, 7) is 8.51. The van der Waals surface area contributed by atoms with Gasteiger partial charge in [0.2, 0.25) is 0 Å². The first-order valence-electron chi connectivity index (χ1n) is 26.1. The second-order valence-electron chi connectivity index (χ2n) is 20.5. The zero-order valence-electron chi connectivity index (χ0n) is 41.7. The zero-order chi connectivity index (χ0) is 49.5. The van der Waals surface area contributed by atoms with Crippen LogP contribution in [0, 0.1) is 0 Å². The molecule has 1 aromatic heterocycles. The second-order valence-corrected chi connectivity index (χ2v) is 20.5. The average molecular weight is 948 g/mol. The smallest absolute Gasteiger partial charge is 0.135 e. The van der Waals surface area contributed by atoms with Crippen LogP contribution in [-0.2, 0) is 11.8 Å². The number of aliphatic imine (C=N–C) groups is 1. The number of hydrogen-bond donors (Lipinski definition) is 0. The van der Waals surface area contributed by atoms with Gasteiger partial charge in [0.25, 0.3) is 0 Å². The van der Waals surface area contributed by atoms with Gasteiger partial charge in [-0.25, -0.2) is 9.97 Å². The summed E-state index contributed by atoms with van der Waals surface area (Å²) in [5, 5.41) is 0. The van der Waals surface area contributed by atoms with Gasteiger partial charge in [0.05, 0.1) is 11.1 Å². The molecule has 1 spiro atoms. The van der Waals surface area contributed by atoms with Crippen molar-refractivity contribution >= 4 is 17.9 Å². The molecule has 5 aliphatic carbocycles. The number of allylic oxidation sites excluding steroid dienone is 7. The van der Waals surface area contributed by atoms with E-state index in [0.717, 1.165) is 36.4 Å². The van der Waals surface area contributed by atoms with Crippen LogP contribution >= 0.6 is 0 Å². The molecule has 0 aliphatic heterocycles. The molecule has 1 heterocycles. The highest BCUT2D eigenvalue weighted by atomic mass is 14.9. The largest absolute Gasteiger partial charge is 0.262 e. The number of rotatable bonds is 7. The van der Waals surface area contributed by atoms with E-state index >= 15 is 0 Å². The molecule has 3 atom stereocenters. The highest BCUT2D eigenvalue weighted by Crippen LogP contribution is 2.65. The van der Waals surface area contributed by atoms with Crippen molar-refractivity contribution in [2.75, 3.05) is 0 Å². The summed E-state index contributed by atoms with van der Waals surface area (Å²) < 4.78 is 0. The van der Waals surface area contributed by atoms with Gasteiger partial charge in [-0.1, -0.05) is 164 Å². The highest BCUT2D eigenvalue weighted by Gasteiger charge is 2.52. The molecular weight excluding hydrogens is 895 g/mol. The molecule has 3 nitrogen and oxygen atoms in total. The van der Waals surface area contributed by atoms with Gasteiger partial charge in [0, 0.05) is 30.4 Å². The van der Waals surface area contributed by atoms with Crippen LogP contribution in [-0.4, -0.2) is 16.2 Å². The standard InChI is InChI=1S/C71H53N3/c1-4-45-32-51(44(3)72-5-2)34-55-40-68-63(42-60(45)55)58-24-12-14-26-66(58)71(68)67-27-15-13-25-59(67)64-43-61-56(41-69(64)71)39-65(70-73-30-17-31-74-70)57-29-28-50(38-62(57)61)48-22-16-23-49(33-48)54-36-52(46-18-8-6-9-19-46)35-53(37-54)47-20-10-7-11-21-47/h4-20,22-31,33-38,40-43,47,65H,3,21,32,39H2,1-2H3. The molecule has 5 aliphatic rings. The number of fused-ring (bicyclic) bond motifs is 14. The fraction of sp³-hybridized carbons (Fsp3) is 0.113. The van der Waals surface area contributed by atoms with Crippen LogP contribution in [0.5, 0.6) is 0 Å². The molecule has 8 aromatic carbocycles. The summed E-state index contributed by atoms with van der Waals surface area (Å²) in [7, 11) is 0. The fourth-order valence-corrected chi connectivity index (χ4v) is 13.2. The average Bonchev–Trinajstić information content (AvgIpc) is 3.95. The first kappa shape index (κ1) is 44.0. The van der Waals surface area contributed by atoms with Gasteiger partial charge in [0.15, 0.2) is 0 Å². The third kappa shape index (κ3) is 6.83. The quantitative estimate of drug-likeness (QED) is 0.149. The lowest BCUT2D eigenvalue weighted by molar-refractivity contribution is 0.724. The van der Waals surface area contributed by atoms with Crippen LogP contribution in [0.25, 0.3) is 78.4 Å². The minimum atomic E-state index is -0.523. The summed E-state index contributed by atoms with van der Waals surface area (Å²) in [6.07, 6.45) is 21.8. The topological polar surface area (TPSA) is 38.1 Å². The molecule has 0 amide bonds. The van der Waals surface area contributed by atoms with E-state index in [9.17, 15) is 0 Å². The normalized spacial score (nSPS) is 18.8. The van der Waals surface area contributed by atoms with Crippen molar-refractivity contribution in [3.05, 3.63) is 286 Å². The fourth-order valence-electron chi connectivity index (χ4n) is 13.2. The van der Waals surface area contributed by atoms with Gasteiger partial charge in [-0.3, -0.25) is 4.99 Å². The predicted octanol–water partition coefficient (Wildman–Crippen LogP) is 17.6. The van der Waals surface area contributed by atoms with Crippen LogP contribution < -0.4 is 0 Å². The SMILES string of the molecule is C=C(N=CC)C1=Cc2cc3c(cc2C(=CC)C1)-c1ccccc1C31c2ccccc2-c2cc3c(cc21)CC(c1ncccn1)c1ccc(-c2cccc(-c4cc(-c5ccccc5)cc(C5C=CC=CC5)c4)c2)cc1-3. The minimum absolute atomic E-state index is 0.0171. The van der Waals surface area contributed by atoms with E-state index in [1.54, 1.807) is 0 Å². The van der Waals surface area contributed by atoms with Gasteiger partial charge >= 0.3 is 0 Å². The van der Waals surface area contributed by atoms with Crippen molar-refractivity contribution in [2.45, 2.75) is 50.4 Å². The van der Waals surface area contributed by atoms with Gasteiger partial charge in [0.1, 0.15) is 5.82 Å². The van der Waals surface area contributed by atoms with Crippen molar-refractivity contribution in [2.24, 2.45) is 4.99 Å². The molecule has 0 fully saturated rings. The van der Waals surface area contributed by atoms with Crippen molar-refractivity contribution in [3.63, 3.8) is 0 Å². The maximum absolute atomic E-state index is 4.95. The minimum Gasteiger partial charge on any atom is -0.262 e. The van der Waals surface area contributed by atoms with E-state index in [1.165, 1.54) is 122 Å². The van der Waals surface area contributed by atoms with Crippen LogP contribution in [0.3, 0.4) is 0 Å². The lowest BCUT2D eigenvalue weighted by Gasteiger charge is -2.33. The van der Waals surface area contributed by atoms with Crippen LogP contribution in [0.15, 0.2) is 235 Å². The van der Waals surface area contributed by atoms with Gasteiger partial charge in [-0.05, 0) is 210 Å². The highest BCUT2D eigenvalue weighted by molar-refractivity contribution is 5.99. The summed E-state index contributed by atoms with van der Waals surface area (Å²) in [4.78, 5) is 14.5. The molecule has 352 valence electrons. The maximum Gasteiger partial charge on any atom is 0.135 e. The Morgan fingerprint density at radius 2 is 1.23 bits per heavy atom. The van der Waals surface area contributed by atoms with E-state index in [2.05, 4.69) is 219 Å². The Morgan fingerprint density at radius 3 is 1.96 bits per heavy atom. The van der Waals surface area contributed by atoms with Gasteiger partial charge < -0.3 is 0 Å². The number of nitrogens with zero attached hydrogens (tertiary/aromatic N) is 3. The lowest BCUT2D eigenvalue weighted by atomic mass is 9.68. The Kier molecular flexibility index (Phi) is 10.4. The van der Waals surface area contributed by atoms with Crippen molar-refractivity contribution in [1.82, 2.24) is 9.97 Å². The first-order chi connectivity index (χ1) is 36.5. The molecule has 14 rings (SSSR count). The monoisotopic (exact) mass is 947 g/mol. The Balaban J connectivity index is 0.949. The predicted molar refractivity (Wildman–Crippen MR) is 307 cm³/mol. The van der Waals surface area contributed by atoms with Gasteiger partial charge in [-0.2, -0.15) is 0 Å². The molecule has 3 unspecified atom stereocenters. The lowest BCUT2D eigenvalue weighted by Crippen LogP contribution is -2.26. The van der Waals surface area contributed by atoms with Crippen molar-refractivity contribution in [3.8, 4) is 66.8 Å². The first-order valence-corrected chi connectivity index (χ1v) is 26.1. The molecule has 0 bridgehead atoms. The summed E-state index contributed by atoms with van der Waals surface area (Å²) >= 11 is 0. The molecule has 0 saturated carbocycles. The zero-order valence-corrected chi connectivity index (χ0v) is 41.7. The maximum atomic E-state index is 4.95. The number of hydrogen-bond acceptors (Lipinski definition) is 3. The van der Waals surface area contributed by atoms with E-state index in [1.807, 2.05) is 31.6 Å². The van der Waals surface area contributed by atoms with Crippen molar-refractivity contribution in [1.29, 1.82) is 0 Å². The molecule has 3 heteroatoms. The van der Waals surface area contributed by atoms with Crippen LogP contribution in [0.1, 0.15) is 94.4 Å². The van der Waals surface area contributed by atoms with E-state index < -0.39 is 5.41 Å². The van der Waals surface area contributed by atoms with Gasteiger partial charge in [-0.15, -0.1) is 0 Å². The van der Waals surface area contributed by atoms with E-state index in [4.69, 9.17) is 9.97 Å². The Hall–Kier alpha value is -8.79. The summed E-state index contributed by atoms with van der Waals surface area (Å²) in [6, 6.07) is 64.6. The Labute approximate surface area is 434 Å². The molecule has 0 radical (unpaired) electrons. The molecule has 0 saturated heterocycles. The number of benzene rings is 8. The van der Waals surface area contributed by atoms with E-state index in [0.29, 0.717) is 5.92 Å². The third-order valence-corrected chi connectivity index (χ3v) is 16.6. The summed E-state index contributed by atoms with van der Waals surface area (Å²) in [5.74, 6) is 1.17. The molecule has 9 aromatic rings. The number of aromatic nitrogens is 2. The third-order valence-electron chi connectivity index (χ3n) is 16.6.